The van der Waals surface area contributed by atoms with Crippen molar-refractivity contribution in [3.63, 3.8) is 0 Å². The van der Waals surface area contributed by atoms with Gasteiger partial charge in [0.15, 0.2) is 0 Å². The molecule has 0 aliphatic heterocycles. The van der Waals surface area contributed by atoms with Crippen molar-refractivity contribution in [2.75, 3.05) is 24.2 Å². The first-order valence-corrected chi connectivity index (χ1v) is 7.27. The Labute approximate surface area is 119 Å². The fourth-order valence-electron chi connectivity index (χ4n) is 2.45. The minimum atomic E-state index is -0.398. The van der Waals surface area contributed by atoms with Crippen LogP contribution in [0.5, 0.6) is 0 Å². The van der Waals surface area contributed by atoms with Crippen LogP contribution in [0.4, 0.5) is 11.5 Å². The summed E-state index contributed by atoms with van der Waals surface area (Å²) < 4.78 is 4.99. The van der Waals surface area contributed by atoms with E-state index in [0.717, 1.165) is 6.54 Å². The average molecular weight is 277 g/mol. The Kier molecular flexibility index (Phi) is 4.47. The molecule has 3 N–H and O–H groups in total. The summed E-state index contributed by atoms with van der Waals surface area (Å²) in [6.45, 7) is 5.22. The molecule has 0 bridgehead atoms. The van der Waals surface area contributed by atoms with E-state index in [1.165, 1.54) is 31.9 Å². The van der Waals surface area contributed by atoms with Crippen molar-refractivity contribution in [3.05, 3.63) is 17.8 Å². The molecule has 1 aliphatic carbocycles. The van der Waals surface area contributed by atoms with Gasteiger partial charge in [0.1, 0.15) is 5.82 Å². The maximum atomic E-state index is 11.8. The topological polar surface area (TPSA) is 77.2 Å². The summed E-state index contributed by atoms with van der Waals surface area (Å²) in [7, 11) is 0. The molecule has 1 aliphatic rings. The molecule has 1 heterocycles. The second kappa shape index (κ2) is 6.11. The van der Waals surface area contributed by atoms with E-state index in [-0.39, 0.29) is 0 Å². The number of carbonyl (C=O) groups excluding carboxylic acids is 1. The average Bonchev–Trinajstić information content (AvgIpc) is 3.19. The molecule has 0 saturated heterocycles. The third-order valence-corrected chi connectivity index (χ3v) is 3.81. The summed E-state index contributed by atoms with van der Waals surface area (Å²) >= 11 is 0. The number of nitrogen functional groups attached to an aromatic ring is 1. The molecule has 0 unspecified atom stereocenters. The normalized spacial score (nSPS) is 15.7. The van der Waals surface area contributed by atoms with Crippen molar-refractivity contribution in [3.8, 4) is 0 Å². The minimum Gasteiger partial charge on any atom is -0.462 e. The van der Waals surface area contributed by atoms with Gasteiger partial charge in [-0.25, -0.2) is 9.78 Å². The minimum absolute atomic E-state index is 0.336. The molecular weight excluding hydrogens is 254 g/mol. The predicted molar refractivity (Wildman–Crippen MR) is 79.7 cm³/mol. The van der Waals surface area contributed by atoms with Crippen LogP contribution < -0.4 is 11.1 Å². The lowest BCUT2D eigenvalue weighted by Gasteiger charge is -2.16. The van der Waals surface area contributed by atoms with Crippen LogP contribution in [-0.2, 0) is 4.74 Å². The Morgan fingerprint density at radius 2 is 2.25 bits per heavy atom. The SMILES string of the molecule is CCCC1(CNc2cc(C(=O)OCC)c(N)cn2)CC1. The van der Waals surface area contributed by atoms with Crippen molar-refractivity contribution in [1.29, 1.82) is 0 Å². The van der Waals surface area contributed by atoms with E-state index >= 15 is 0 Å². The van der Waals surface area contributed by atoms with Gasteiger partial charge in [-0.15, -0.1) is 0 Å². The third-order valence-electron chi connectivity index (χ3n) is 3.81. The lowest BCUT2D eigenvalue weighted by molar-refractivity contribution is 0.0527. The summed E-state index contributed by atoms with van der Waals surface area (Å²) in [6, 6.07) is 1.68. The summed E-state index contributed by atoms with van der Waals surface area (Å²) in [5.41, 5.74) is 6.93. The van der Waals surface area contributed by atoms with Gasteiger partial charge < -0.3 is 15.8 Å². The Bertz CT molecular complexity index is 484. The number of rotatable bonds is 7. The van der Waals surface area contributed by atoms with Crippen LogP contribution in [0, 0.1) is 5.41 Å². The maximum absolute atomic E-state index is 11.8. The Morgan fingerprint density at radius 3 is 2.85 bits per heavy atom. The number of aromatic nitrogens is 1. The Hall–Kier alpha value is -1.78. The number of ether oxygens (including phenoxy) is 1. The number of nitrogens with one attached hydrogen (secondary N) is 1. The first-order chi connectivity index (χ1) is 9.60. The summed E-state index contributed by atoms with van der Waals surface area (Å²) in [6.07, 6.45) is 6.49. The zero-order valence-corrected chi connectivity index (χ0v) is 12.2. The van der Waals surface area contributed by atoms with E-state index in [2.05, 4.69) is 17.2 Å². The van der Waals surface area contributed by atoms with E-state index in [9.17, 15) is 4.79 Å². The molecule has 1 saturated carbocycles. The molecule has 0 radical (unpaired) electrons. The molecule has 20 heavy (non-hydrogen) atoms. The first kappa shape index (κ1) is 14.6. The van der Waals surface area contributed by atoms with Crippen LogP contribution in [0.2, 0.25) is 0 Å². The van der Waals surface area contributed by atoms with Gasteiger partial charge in [-0.1, -0.05) is 13.3 Å². The number of esters is 1. The highest BCUT2D eigenvalue weighted by Gasteiger charge is 2.41. The highest BCUT2D eigenvalue weighted by Crippen LogP contribution is 2.49. The van der Waals surface area contributed by atoms with Crippen molar-refractivity contribution >= 4 is 17.5 Å². The second-order valence-corrected chi connectivity index (χ2v) is 5.48. The fourth-order valence-corrected chi connectivity index (χ4v) is 2.45. The number of nitrogens with two attached hydrogens (primary N) is 1. The van der Waals surface area contributed by atoms with Crippen molar-refractivity contribution in [2.24, 2.45) is 5.41 Å². The van der Waals surface area contributed by atoms with Gasteiger partial charge in [0, 0.05) is 6.54 Å². The summed E-state index contributed by atoms with van der Waals surface area (Å²) in [5.74, 6) is 0.287. The molecule has 110 valence electrons. The molecule has 0 spiro atoms. The number of hydrogen-bond acceptors (Lipinski definition) is 5. The van der Waals surface area contributed by atoms with Gasteiger partial charge in [-0.2, -0.15) is 0 Å². The molecule has 1 aromatic rings. The molecule has 2 rings (SSSR count). The first-order valence-electron chi connectivity index (χ1n) is 7.27. The van der Waals surface area contributed by atoms with Gasteiger partial charge in [0.2, 0.25) is 0 Å². The van der Waals surface area contributed by atoms with Crippen LogP contribution in [0.3, 0.4) is 0 Å². The largest absolute Gasteiger partial charge is 0.462 e. The smallest absolute Gasteiger partial charge is 0.340 e. The highest BCUT2D eigenvalue weighted by atomic mass is 16.5. The standard InChI is InChI=1S/C15H23N3O2/c1-3-5-15(6-7-15)10-18-13-8-11(12(16)9-17-13)14(19)20-4-2/h8-9H,3-7,10,16H2,1-2H3,(H,17,18). The lowest BCUT2D eigenvalue weighted by atomic mass is 10.0. The Balaban J connectivity index is 2.02. The molecule has 1 aromatic heterocycles. The quantitative estimate of drug-likeness (QED) is 0.749. The fraction of sp³-hybridized carbons (Fsp3) is 0.600. The molecule has 5 nitrogen and oxygen atoms in total. The molecule has 0 aromatic carbocycles. The van der Waals surface area contributed by atoms with E-state index in [0.29, 0.717) is 29.1 Å². The van der Waals surface area contributed by atoms with Gasteiger partial charge in [-0.3, -0.25) is 0 Å². The zero-order chi connectivity index (χ0) is 14.6. The van der Waals surface area contributed by atoms with Crippen LogP contribution in [0.1, 0.15) is 49.9 Å². The van der Waals surface area contributed by atoms with Crippen molar-refractivity contribution in [1.82, 2.24) is 4.98 Å². The van der Waals surface area contributed by atoms with Crippen molar-refractivity contribution < 1.29 is 9.53 Å². The lowest BCUT2D eigenvalue weighted by Crippen LogP contribution is -2.17. The zero-order valence-electron chi connectivity index (χ0n) is 12.2. The van der Waals surface area contributed by atoms with Crippen LogP contribution in [-0.4, -0.2) is 24.1 Å². The number of hydrogen-bond donors (Lipinski definition) is 2. The van der Waals surface area contributed by atoms with Crippen LogP contribution in [0.25, 0.3) is 0 Å². The van der Waals surface area contributed by atoms with Crippen molar-refractivity contribution in [2.45, 2.75) is 39.5 Å². The second-order valence-electron chi connectivity index (χ2n) is 5.48. The number of anilines is 2. The maximum Gasteiger partial charge on any atom is 0.340 e. The van der Waals surface area contributed by atoms with E-state index in [1.807, 2.05) is 0 Å². The number of pyridine rings is 1. The molecular formula is C15H23N3O2. The van der Waals surface area contributed by atoms with E-state index < -0.39 is 5.97 Å². The van der Waals surface area contributed by atoms with E-state index in [4.69, 9.17) is 10.5 Å². The van der Waals surface area contributed by atoms with Crippen LogP contribution >= 0.6 is 0 Å². The predicted octanol–water partition coefficient (Wildman–Crippen LogP) is 2.83. The van der Waals surface area contributed by atoms with Gasteiger partial charge in [-0.05, 0) is 37.7 Å². The molecule has 5 heteroatoms. The summed E-state index contributed by atoms with van der Waals surface area (Å²) in [4.78, 5) is 16.0. The van der Waals surface area contributed by atoms with E-state index in [1.54, 1.807) is 13.0 Å². The summed E-state index contributed by atoms with van der Waals surface area (Å²) in [5, 5.41) is 3.32. The van der Waals surface area contributed by atoms with Gasteiger partial charge in [0.25, 0.3) is 0 Å². The monoisotopic (exact) mass is 277 g/mol. The van der Waals surface area contributed by atoms with Gasteiger partial charge >= 0.3 is 5.97 Å². The van der Waals surface area contributed by atoms with Gasteiger partial charge in [0.05, 0.1) is 24.1 Å². The number of nitrogens with zero attached hydrogens (tertiary/aromatic N) is 1. The third kappa shape index (κ3) is 3.40. The molecule has 1 fully saturated rings. The number of carbonyl (C=O) groups is 1. The Morgan fingerprint density at radius 1 is 1.50 bits per heavy atom. The molecule has 0 atom stereocenters. The highest BCUT2D eigenvalue weighted by molar-refractivity contribution is 5.95. The van der Waals surface area contributed by atoms with Crippen LogP contribution in [0.15, 0.2) is 12.3 Å². The molecule has 0 amide bonds.